The van der Waals surface area contributed by atoms with Gasteiger partial charge in [0, 0.05) is 6.42 Å². The highest BCUT2D eigenvalue weighted by Gasteiger charge is 2.41. The van der Waals surface area contributed by atoms with Crippen molar-refractivity contribution in [3.05, 3.63) is 77.0 Å². The average molecular weight is 318 g/mol. The Balaban J connectivity index is 1.78. The van der Waals surface area contributed by atoms with Gasteiger partial charge in [-0.05, 0) is 29.7 Å². The highest BCUT2D eigenvalue weighted by Crippen LogP contribution is 2.34. The third-order valence-corrected chi connectivity index (χ3v) is 4.72. The number of benzene rings is 2. The number of nitrogens with one attached hydrogen (secondary N) is 1. The van der Waals surface area contributed by atoms with Crippen LogP contribution in [0.1, 0.15) is 30.5 Å². The molecule has 2 aliphatic rings. The molecule has 0 aromatic heterocycles. The summed E-state index contributed by atoms with van der Waals surface area (Å²) in [5, 5.41) is 3.33. The Morgan fingerprint density at radius 3 is 2.46 bits per heavy atom. The summed E-state index contributed by atoms with van der Waals surface area (Å²) >= 11 is 0. The first kappa shape index (κ1) is 14.7. The van der Waals surface area contributed by atoms with Crippen LogP contribution in [-0.4, -0.2) is 11.8 Å². The fourth-order valence-corrected chi connectivity index (χ4v) is 3.50. The Labute approximate surface area is 140 Å². The summed E-state index contributed by atoms with van der Waals surface area (Å²) in [5.41, 5.74) is 3.90. The van der Waals surface area contributed by atoms with E-state index in [4.69, 9.17) is 0 Å². The number of imide groups is 1. The lowest BCUT2D eigenvalue weighted by Crippen LogP contribution is -2.35. The maximum Gasteiger partial charge on any atom is 0.281 e. The van der Waals surface area contributed by atoms with Gasteiger partial charge in [-0.2, -0.15) is 0 Å². The van der Waals surface area contributed by atoms with Gasteiger partial charge < -0.3 is 5.32 Å². The lowest BCUT2D eigenvalue weighted by molar-refractivity contribution is -0.120. The fraction of sp³-hybridized carbons (Fsp3) is 0.200. The Kier molecular flexibility index (Phi) is 3.45. The normalized spacial score (nSPS) is 19.7. The second-order valence-electron chi connectivity index (χ2n) is 6.12. The maximum atomic E-state index is 12.9. The second kappa shape index (κ2) is 5.64. The van der Waals surface area contributed by atoms with Crippen LogP contribution in [0.4, 0.5) is 5.69 Å². The van der Waals surface area contributed by atoms with Crippen LogP contribution in [0.25, 0.3) is 0 Å². The van der Waals surface area contributed by atoms with Crippen LogP contribution in [-0.2, 0) is 16.0 Å². The summed E-state index contributed by atoms with van der Waals surface area (Å²) in [7, 11) is 0. The van der Waals surface area contributed by atoms with Gasteiger partial charge in [0.05, 0.1) is 17.3 Å². The maximum absolute atomic E-state index is 12.9. The molecule has 0 spiro atoms. The van der Waals surface area contributed by atoms with E-state index in [0.717, 1.165) is 12.0 Å². The van der Waals surface area contributed by atoms with E-state index in [0.29, 0.717) is 23.4 Å². The number of hydrogen-bond acceptors (Lipinski definition) is 3. The van der Waals surface area contributed by atoms with E-state index in [1.54, 1.807) is 12.1 Å². The fourth-order valence-electron chi connectivity index (χ4n) is 3.50. The Bertz CT molecular complexity index is 855. The Morgan fingerprint density at radius 1 is 1.00 bits per heavy atom. The number of carbonyl (C=O) groups excluding carboxylic acids is 2. The molecule has 1 N–H and O–H groups in total. The standard InChI is InChI=1S/C20H18N2O2/c1-2-17-15-11-7-6-8-13(15)12-16-18(21-17)20(24)22(19(16)23)14-9-4-3-5-10-14/h3-11,17,21H,2,12H2,1H3. The van der Waals surface area contributed by atoms with Gasteiger partial charge in [0.25, 0.3) is 11.8 Å². The molecule has 4 nitrogen and oxygen atoms in total. The van der Waals surface area contributed by atoms with E-state index in [2.05, 4.69) is 18.3 Å². The van der Waals surface area contributed by atoms with Gasteiger partial charge in [0.2, 0.25) is 0 Å². The van der Waals surface area contributed by atoms with Crippen molar-refractivity contribution in [3.63, 3.8) is 0 Å². The monoisotopic (exact) mass is 318 g/mol. The smallest absolute Gasteiger partial charge is 0.281 e. The molecule has 0 aliphatic carbocycles. The quantitative estimate of drug-likeness (QED) is 0.866. The topological polar surface area (TPSA) is 49.4 Å². The first-order chi connectivity index (χ1) is 11.7. The van der Waals surface area contributed by atoms with Crippen molar-refractivity contribution in [2.24, 2.45) is 0 Å². The van der Waals surface area contributed by atoms with Crippen LogP contribution in [0.15, 0.2) is 65.9 Å². The molecule has 2 aromatic rings. The molecule has 2 amide bonds. The van der Waals surface area contributed by atoms with Gasteiger partial charge in [-0.3, -0.25) is 9.59 Å². The molecule has 2 aliphatic heterocycles. The number of carbonyl (C=O) groups is 2. The second-order valence-corrected chi connectivity index (χ2v) is 6.12. The third kappa shape index (κ3) is 2.14. The van der Waals surface area contributed by atoms with Crippen LogP contribution in [0, 0.1) is 0 Å². The number of hydrogen-bond donors (Lipinski definition) is 1. The van der Waals surface area contributed by atoms with Crippen LogP contribution in [0.3, 0.4) is 0 Å². The summed E-state index contributed by atoms with van der Waals surface area (Å²) in [6.45, 7) is 2.08. The molecule has 4 heteroatoms. The van der Waals surface area contributed by atoms with Crippen molar-refractivity contribution in [3.8, 4) is 0 Å². The molecule has 120 valence electrons. The molecular weight excluding hydrogens is 300 g/mol. The molecule has 0 bridgehead atoms. The van der Waals surface area contributed by atoms with Gasteiger partial charge in [0.1, 0.15) is 5.70 Å². The summed E-state index contributed by atoms with van der Waals surface area (Å²) in [6, 6.07) is 17.2. The number of nitrogens with zero attached hydrogens (tertiary/aromatic N) is 1. The van der Waals surface area contributed by atoms with E-state index >= 15 is 0 Å². The van der Waals surface area contributed by atoms with E-state index in [1.165, 1.54) is 10.5 Å². The molecule has 0 radical (unpaired) electrons. The lowest BCUT2D eigenvalue weighted by Gasteiger charge is -2.21. The van der Waals surface area contributed by atoms with Crippen LogP contribution in [0.5, 0.6) is 0 Å². The average Bonchev–Trinajstić information content (AvgIpc) is 2.76. The lowest BCUT2D eigenvalue weighted by atomic mass is 9.96. The highest BCUT2D eigenvalue weighted by molar-refractivity contribution is 6.32. The molecule has 4 rings (SSSR count). The van der Waals surface area contributed by atoms with Gasteiger partial charge in [0.15, 0.2) is 0 Å². The van der Waals surface area contributed by atoms with E-state index in [9.17, 15) is 9.59 Å². The number of para-hydroxylation sites is 1. The largest absolute Gasteiger partial charge is 0.373 e. The van der Waals surface area contributed by atoms with E-state index in [-0.39, 0.29) is 17.9 Å². The number of fused-ring (bicyclic) bond motifs is 1. The zero-order valence-corrected chi connectivity index (χ0v) is 13.5. The van der Waals surface area contributed by atoms with Crippen molar-refractivity contribution in [1.29, 1.82) is 0 Å². The van der Waals surface area contributed by atoms with Gasteiger partial charge >= 0.3 is 0 Å². The van der Waals surface area contributed by atoms with Crippen LogP contribution < -0.4 is 10.2 Å². The van der Waals surface area contributed by atoms with Gasteiger partial charge in [-0.1, -0.05) is 49.4 Å². The summed E-state index contributed by atoms with van der Waals surface area (Å²) in [6.07, 6.45) is 1.34. The first-order valence-electron chi connectivity index (χ1n) is 8.22. The van der Waals surface area contributed by atoms with E-state index in [1.807, 2.05) is 36.4 Å². The molecule has 1 unspecified atom stereocenters. The number of amides is 2. The summed E-state index contributed by atoms with van der Waals surface area (Å²) < 4.78 is 0. The van der Waals surface area contributed by atoms with Crippen molar-refractivity contribution >= 4 is 17.5 Å². The molecular formula is C20H18N2O2. The van der Waals surface area contributed by atoms with Crippen molar-refractivity contribution in [1.82, 2.24) is 5.32 Å². The Morgan fingerprint density at radius 2 is 1.71 bits per heavy atom. The minimum absolute atomic E-state index is 0.0428. The predicted molar refractivity (Wildman–Crippen MR) is 92.3 cm³/mol. The number of rotatable bonds is 2. The molecule has 2 heterocycles. The highest BCUT2D eigenvalue weighted by atomic mass is 16.2. The summed E-state index contributed by atoms with van der Waals surface area (Å²) in [4.78, 5) is 27.1. The Hall–Kier alpha value is -2.88. The predicted octanol–water partition coefficient (Wildman–Crippen LogP) is 3.11. The van der Waals surface area contributed by atoms with Crippen molar-refractivity contribution in [2.75, 3.05) is 4.90 Å². The summed E-state index contributed by atoms with van der Waals surface area (Å²) in [5.74, 6) is -0.479. The minimum atomic E-state index is -0.257. The number of anilines is 1. The molecule has 0 saturated carbocycles. The zero-order chi connectivity index (χ0) is 16.7. The molecule has 2 aromatic carbocycles. The van der Waals surface area contributed by atoms with Crippen molar-refractivity contribution in [2.45, 2.75) is 25.8 Å². The molecule has 0 saturated heterocycles. The third-order valence-electron chi connectivity index (χ3n) is 4.72. The molecule has 1 atom stereocenters. The van der Waals surface area contributed by atoms with Crippen LogP contribution in [0.2, 0.25) is 0 Å². The zero-order valence-electron chi connectivity index (χ0n) is 13.5. The van der Waals surface area contributed by atoms with Crippen LogP contribution >= 0.6 is 0 Å². The minimum Gasteiger partial charge on any atom is -0.373 e. The molecule has 24 heavy (non-hydrogen) atoms. The molecule has 0 fully saturated rings. The van der Waals surface area contributed by atoms with Gasteiger partial charge in [-0.25, -0.2) is 4.90 Å². The van der Waals surface area contributed by atoms with E-state index < -0.39 is 0 Å². The van der Waals surface area contributed by atoms with Crippen molar-refractivity contribution < 1.29 is 9.59 Å². The van der Waals surface area contributed by atoms with Gasteiger partial charge in [-0.15, -0.1) is 0 Å². The SMILES string of the molecule is CCC1NC2=C(Cc3ccccc31)C(=O)N(c1ccccc1)C2=O. The first-order valence-corrected chi connectivity index (χ1v) is 8.22.